The van der Waals surface area contributed by atoms with Crippen LogP contribution in [0.1, 0.15) is 48.5 Å². The molecule has 0 amide bonds. The number of hydrogen-bond acceptors (Lipinski definition) is 4. The number of aromatic nitrogens is 1. The van der Waals surface area contributed by atoms with Crippen molar-refractivity contribution in [1.82, 2.24) is 4.98 Å². The van der Waals surface area contributed by atoms with E-state index in [9.17, 15) is 4.79 Å². The van der Waals surface area contributed by atoms with Crippen molar-refractivity contribution in [3.05, 3.63) is 10.6 Å². The summed E-state index contributed by atoms with van der Waals surface area (Å²) in [4.78, 5) is 18.3. The normalized spacial score (nSPS) is 19.6. The van der Waals surface area contributed by atoms with Crippen LogP contribution in [0, 0.1) is 12.3 Å². The summed E-state index contributed by atoms with van der Waals surface area (Å²) in [6, 6.07) is 0. The highest BCUT2D eigenvalue weighted by Crippen LogP contribution is 2.33. The first kappa shape index (κ1) is 13.3. The predicted octanol–water partition coefficient (Wildman–Crippen LogP) is 3.17. The second-order valence-corrected chi connectivity index (χ2v) is 6.89. The summed E-state index contributed by atoms with van der Waals surface area (Å²) in [5.41, 5.74) is 0.593. The number of rotatable bonds is 2. The Balaban J connectivity index is 2.17. The summed E-state index contributed by atoms with van der Waals surface area (Å²) < 4.78 is 0. The Hall–Kier alpha value is -1.10. The molecule has 0 unspecified atom stereocenters. The molecule has 0 aromatic carbocycles. The van der Waals surface area contributed by atoms with Gasteiger partial charge in [-0.3, -0.25) is 0 Å². The molecule has 4 nitrogen and oxygen atoms in total. The average Bonchev–Trinajstić information content (AvgIpc) is 2.55. The van der Waals surface area contributed by atoms with E-state index >= 15 is 0 Å². The van der Waals surface area contributed by atoms with Crippen LogP contribution < -0.4 is 4.90 Å². The molecule has 1 aromatic heterocycles. The highest BCUT2D eigenvalue weighted by atomic mass is 32.1. The lowest BCUT2D eigenvalue weighted by atomic mass is 9.85. The van der Waals surface area contributed by atoms with Crippen molar-refractivity contribution < 1.29 is 9.90 Å². The Morgan fingerprint density at radius 2 is 2.11 bits per heavy atom. The van der Waals surface area contributed by atoms with Gasteiger partial charge in [0.25, 0.3) is 0 Å². The fourth-order valence-electron chi connectivity index (χ4n) is 2.33. The molecule has 1 fully saturated rings. The molecule has 2 heterocycles. The van der Waals surface area contributed by atoms with Crippen molar-refractivity contribution >= 4 is 22.4 Å². The smallest absolute Gasteiger partial charge is 0.355 e. The number of aryl methyl sites for hydroxylation is 1. The molecule has 0 aliphatic carbocycles. The summed E-state index contributed by atoms with van der Waals surface area (Å²) in [7, 11) is 0. The zero-order valence-electron chi connectivity index (χ0n) is 11.2. The summed E-state index contributed by atoms with van der Waals surface area (Å²) in [6.45, 7) is 8.37. The van der Waals surface area contributed by atoms with Crippen molar-refractivity contribution in [2.75, 3.05) is 18.0 Å². The summed E-state index contributed by atoms with van der Waals surface area (Å²) in [5, 5.41) is 9.91. The molecular weight excluding hydrogens is 248 g/mol. The molecule has 1 N–H and O–H groups in total. The lowest BCUT2D eigenvalue weighted by molar-refractivity contribution is 0.0690. The van der Waals surface area contributed by atoms with Gasteiger partial charge in [-0.2, -0.15) is 0 Å². The number of anilines is 1. The van der Waals surface area contributed by atoms with Gasteiger partial charge in [0.2, 0.25) is 0 Å². The Kier molecular flexibility index (Phi) is 3.61. The Morgan fingerprint density at radius 3 is 2.72 bits per heavy atom. The van der Waals surface area contributed by atoms with Crippen LogP contribution in [0.25, 0.3) is 0 Å². The fourth-order valence-corrected chi connectivity index (χ4v) is 3.28. The van der Waals surface area contributed by atoms with Gasteiger partial charge < -0.3 is 10.0 Å². The van der Waals surface area contributed by atoms with Gasteiger partial charge in [-0.1, -0.05) is 13.8 Å². The van der Waals surface area contributed by atoms with E-state index < -0.39 is 5.97 Å². The number of carboxylic acid groups (broad SMARTS) is 1. The maximum Gasteiger partial charge on any atom is 0.355 e. The predicted molar refractivity (Wildman–Crippen MR) is 73.7 cm³/mol. The molecule has 0 saturated carbocycles. The minimum atomic E-state index is -0.926. The Morgan fingerprint density at radius 1 is 1.39 bits per heavy atom. The van der Waals surface area contributed by atoms with E-state index in [-0.39, 0.29) is 5.69 Å². The van der Waals surface area contributed by atoms with Crippen molar-refractivity contribution in [2.24, 2.45) is 5.41 Å². The molecule has 5 heteroatoms. The maximum absolute atomic E-state index is 11.0. The van der Waals surface area contributed by atoms with Gasteiger partial charge >= 0.3 is 5.97 Å². The van der Waals surface area contributed by atoms with Gasteiger partial charge in [0.15, 0.2) is 10.8 Å². The van der Waals surface area contributed by atoms with E-state index in [0.717, 1.165) is 35.9 Å². The molecule has 1 aliphatic rings. The summed E-state index contributed by atoms with van der Waals surface area (Å²) in [6.07, 6.45) is 3.50. The van der Waals surface area contributed by atoms with Crippen LogP contribution in [0.2, 0.25) is 0 Å². The number of carboxylic acids is 1. The molecule has 1 aliphatic heterocycles. The number of carbonyl (C=O) groups is 1. The van der Waals surface area contributed by atoms with Crippen LogP contribution >= 0.6 is 11.3 Å². The van der Waals surface area contributed by atoms with Crippen LogP contribution in [0.15, 0.2) is 0 Å². The zero-order valence-corrected chi connectivity index (χ0v) is 12.0. The molecule has 100 valence electrons. The standard InChI is InChI=1S/C13H20N2O2S/c1-9-10(11(16)17)14-12(18-9)15-7-4-5-13(2,3)6-8-15/h4-8H2,1-3H3,(H,16,17). The molecule has 18 heavy (non-hydrogen) atoms. The van der Waals surface area contributed by atoms with E-state index in [0.29, 0.717) is 5.41 Å². The first-order chi connectivity index (χ1) is 8.39. The average molecular weight is 268 g/mol. The topological polar surface area (TPSA) is 53.4 Å². The minimum Gasteiger partial charge on any atom is -0.476 e. The van der Waals surface area contributed by atoms with Gasteiger partial charge in [0.05, 0.1) is 0 Å². The SMILES string of the molecule is Cc1sc(N2CCCC(C)(C)CC2)nc1C(=O)O. The van der Waals surface area contributed by atoms with Crippen LogP contribution in [-0.4, -0.2) is 29.1 Å². The first-order valence-corrected chi connectivity index (χ1v) is 7.16. The number of thiazole rings is 1. The molecule has 2 rings (SSSR count). The minimum absolute atomic E-state index is 0.207. The first-order valence-electron chi connectivity index (χ1n) is 6.35. The third kappa shape index (κ3) is 2.83. The molecule has 1 saturated heterocycles. The highest BCUT2D eigenvalue weighted by molar-refractivity contribution is 7.15. The maximum atomic E-state index is 11.0. The van der Waals surface area contributed by atoms with Crippen molar-refractivity contribution in [3.8, 4) is 0 Å². The number of aromatic carboxylic acids is 1. The molecule has 1 aromatic rings. The molecule has 0 bridgehead atoms. The highest BCUT2D eigenvalue weighted by Gasteiger charge is 2.25. The van der Waals surface area contributed by atoms with Crippen molar-refractivity contribution in [2.45, 2.75) is 40.0 Å². The molecule has 0 atom stereocenters. The zero-order chi connectivity index (χ0) is 13.3. The van der Waals surface area contributed by atoms with E-state index in [1.165, 1.54) is 17.8 Å². The monoisotopic (exact) mass is 268 g/mol. The second kappa shape index (κ2) is 4.88. The lowest BCUT2D eigenvalue weighted by Crippen LogP contribution is -2.25. The van der Waals surface area contributed by atoms with Gasteiger partial charge in [0, 0.05) is 18.0 Å². The van der Waals surface area contributed by atoms with E-state index in [4.69, 9.17) is 5.11 Å². The van der Waals surface area contributed by atoms with Crippen LogP contribution in [-0.2, 0) is 0 Å². The van der Waals surface area contributed by atoms with Gasteiger partial charge in [0.1, 0.15) is 0 Å². The Labute approximate surface area is 112 Å². The quantitative estimate of drug-likeness (QED) is 0.895. The van der Waals surface area contributed by atoms with Gasteiger partial charge in [-0.25, -0.2) is 9.78 Å². The Bertz CT molecular complexity index is 454. The second-order valence-electron chi connectivity index (χ2n) is 5.71. The fraction of sp³-hybridized carbons (Fsp3) is 0.692. The van der Waals surface area contributed by atoms with E-state index in [1.807, 2.05) is 6.92 Å². The third-order valence-electron chi connectivity index (χ3n) is 3.60. The van der Waals surface area contributed by atoms with Gasteiger partial charge in [-0.05, 0) is 31.6 Å². The molecular formula is C13H20N2O2S. The number of nitrogens with zero attached hydrogens (tertiary/aromatic N) is 2. The molecule has 0 radical (unpaired) electrons. The van der Waals surface area contributed by atoms with Crippen molar-refractivity contribution in [1.29, 1.82) is 0 Å². The van der Waals surface area contributed by atoms with Crippen LogP contribution in [0.5, 0.6) is 0 Å². The van der Waals surface area contributed by atoms with E-state index in [2.05, 4.69) is 23.7 Å². The van der Waals surface area contributed by atoms with Crippen LogP contribution in [0.4, 0.5) is 5.13 Å². The summed E-state index contributed by atoms with van der Waals surface area (Å²) >= 11 is 1.49. The number of hydrogen-bond donors (Lipinski definition) is 1. The van der Waals surface area contributed by atoms with E-state index in [1.54, 1.807) is 0 Å². The summed E-state index contributed by atoms with van der Waals surface area (Å²) in [5.74, 6) is -0.926. The molecule has 0 spiro atoms. The largest absolute Gasteiger partial charge is 0.476 e. The van der Waals surface area contributed by atoms with Crippen molar-refractivity contribution in [3.63, 3.8) is 0 Å². The van der Waals surface area contributed by atoms with Crippen LogP contribution in [0.3, 0.4) is 0 Å². The third-order valence-corrected chi connectivity index (χ3v) is 4.63. The van der Waals surface area contributed by atoms with Gasteiger partial charge in [-0.15, -0.1) is 11.3 Å². The lowest BCUT2D eigenvalue weighted by Gasteiger charge is -2.22.